The highest BCUT2D eigenvalue weighted by molar-refractivity contribution is 6.24. The monoisotopic (exact) mass is 459 g/mol. The molecule has 4 heterocycles. The number of nitrogens with zero attached hydrogens (tertiary/aromatic N) is 3. The zero-order valence-corrected chi connectivity index (χ0v) is 18.3. The van der Waals surface area contributed by atoms with Crippen molar-refractivity contribution in [2.45, 2.75) is 12.1 Å². The third-order valence-corrected chi connectivity index (χ3v) is 6.72. The molecule has 0 saturated carbocycles. The minimum atomic E-state index is -0.900. The molecule has 0 spiro atoms. The summed E-state index contributed by atoms with van der Waals surface area (Å²) >= 11 is 0. The van der Waals surface area contributed by atoms with Gasteiger partial charge in [-0.1, -0.05) is 6.08 Å². The van der Waals surface area contributed by atoms with Crippen LogP contribution in [0.3, 0.4) is 0 Å². The summed E-state index contributed by atoms with van der Waals surface area (Å²) in [4.78, 5) is 42.1. The highest BCUT2D eigenvalue weighted by Crippen LogP contribution is 2.47. The molecule has 0 N–H and O–H groups in total. The number of hydrogen-bond donors (Lipinski definition) is 0. The third kappa shape index (κ3) is 2.93. The van der Waals surface area contributed by atoms with Crippen LogP contribution in [0.15, 0.2) is 59.7 Å². The molecule has 0 aromatic heterocycles. The van der Waals surface area contributed by atoms with E-state index in [1.807, 2.05) is 6.08 Å². The van der Waals surface area contributed by atoms with Crippen LogP contribution < -0.4 is 19.1 Å². The fourth-order valence-corrected chi connectivity index (χ4v) is 5.19. The summed E-state index contributed by atoms with van der Waals surface area (Å²) in [5.41, 5.74) is 0.826. The van der Waals surface area contributed by atoms with Crippen molar-refractivity contribution in [1.29, 1.82) is 0 Å². The van der Waals surface area contributed by atoms with Gasteiger partial charge in [-0.05, 0) is 42.5 Å². The van der Waals surface area contributed by atoms with E-state index in [-0.39, 0.29) is 11.7 Å². The van der Waals surface area contributed by atoms with Crippen molar-refractivity contribution in [2.24, 2.45) is 16.9 Å². The van der Waals surface area contributed by atoms with Crippen molar-refractivity contribution in [3.05, 3.63) is 60.2 Å². The van der Waals surface area contributed by atoms with Gasteiger partial charge in [0, 0.05) is 17.8 Å². The first-order valence-corrected chi connectivity index (χ1v) is 11.0. The highest BCUT2D eigenvalue weighted by atomic mass is 16.6. The first kappa shape index (κ1) is 20.5. The molecule has 4 atom stereocenters. The van der Waals surface area contributed by atoms with E-state index in [0.29, 0.717) is 41.7 Å². The molecule has 2 amide bonds. The first-order valence-electron chi connectivity index (χ1n) is 11.0. The van der Waals surface area contributed by atoms with Gasteiger partial charge in [-0.3, -0.25) is 19.4 Å². The van der Waals surface area contributed by atoms with E-state index >= 15 is 0 Å². The van der Waals surface area contributed by atoms with Crippen molar-refractivity contribution < 1.29 is 28.6 Å². The number of methoxy groups -OCH3 is 1. The van der Waals surface area contributed by atoms with Gasteiger partial charge in [0.25, 0.3) is 0 Å². The average molecular weight is 459 g/mol. The molecular formula is C25H21N3O6. The maximum Gasteiger partial charge on any atom is 0.240 e. The van der Waals surface area contributed by atoms with Crippen LogP contribution in [0.2, 0.25) is 0 Å². The van der Waals surface area contributed by atoms with Crippen molar-refractivity contribution >= 4 is 29.5 Å². The van der Waals surface area contributed by atoms with Crippen molar-refractivity contribution in [1.82, 2.24) is 5.01 Å². The lowest BCUT2D eigenvalue weighted by molar-refractivity contribution is -0.123. The fourth-order valence-electron chi connectivity index (χ4n) is 5.19. The van der Waals surface area contributed by atoms with E-state index < -0.39 is 29.8 Å². The van der Waals surface area contributed by atoms with Crippen molar-refractivity contribution in [3.63, 3.8) is 0 Å². The number of ketones is 1. The van der Waals surface area contributed by atoms with Gasteiger partial charge in [0.15, 0.2) is 17.3 Å². The molecule has 9 nitrogen and oxygen atoms in total. The molecule has 4 aliphatic rings. The number of benzene rings is 2. The summed E-state index contributed by atoms with van der Waals surface area (Å²) in [5.74, 6) is -0.951. The molecule has 0 radical (unpaired) electrons. The number of carbonyl (C=O) groups excluding carboxylic acids is 3. The van der Waals surface area contributed by atoms with Gasteiger partial charge in [-0.15, -0.1) is 0 Å². The molecule has 34 heavy (non-hydrogen) atoms. The summed E-state index contributed by atoms with van der Waals surface area (Å²) < 4.78 is 16.4. The quantitative estimate of drug-likeness (QED) is 0.510. The minimum absolute atomic E-state index is 0.266. The number of Topliss-reactive ketones (excluding diaryl/α,β-unsaturated/α-hetero) is 1. The topological polar surface area (TPSA) is 97.7 Å². The number of ether oxygens (including phenoxy) is 3. The molecule has 2 aromatic carbocycles. The van der Waals surface area contributed by atoms with E-state index in [4.69, 9.17) is 14.2 Å². The lowest BCUT2D eigenvalue weighted by Crippen LogP contribution is -2.46. The number of hydrogen-bond acceptors (Lipinski definition) is 8. The fraction of sp³-hybridized carbons (Fsp3) is 0.280. The van der Waals surface area contributed by atoms with E-state index in [0.717, 1.165) is 0 Å². The molecule has 9 heteroatoms. The Hall–Kier alpha value is -4.14. The second-order valence-electron chi connectivity index (χ2n) is 8.45. The predicted molar refractivity (Wildman–Crippen MR) is 121 cm³/mol. The van der Waals surface area contributed by atoms with Crippen LogP contribution in [0.5, 0.6) is 17.2 Å². The third-order valence-electron chi connectivity index (χ3n) is 6.72. The number of carbonyl (C=O) groups is 3. The molecule has 0 bridgehead atoms. The van der Waals surface area contributed by atoms with Crippen LogP contribution in [-0.4, -0.2) is 61.2 Å². The van der Waals surface area contributed by atoms with Gasteiger partial charge in [-0.25, -0.2) is 4.90 Å². The number of anilines is 1. The number of rotatable bonds is 4. The summed E-state index contributed by atoms with van der Waals surface area (Å²) in [6.07, 6.45) is 5.13. The normalized spacial score (nSPS) is 26.5. The molecule has 1 unspecified atom stereocenters. The number of imide groups is 1. The van der Waals surface area contributed by atoms with Gasteiger partial charge in [0.1, 0.15) is 25.0 Å². The zero-order valence-electron chi connectivity index (χ0n) is 18.3. The Morgan fingerprint density at radius 2 is 1.74 bits per heavy atom. The lowest BCUT2D eigenvalue weighted by atomic mass is 9.86. The van der Waals surface area contributed by atoms with E-state index in [2.05, 4.69) is 5.10 Å². The SMILES string of the molecule is COc1ccc(C(=O)[C@@H]2[C@@H]3C(=O)N(c4ccc5c(c4)OCCO5)C(=O)[C@@H]3C3C=CC=NN32)cc1. The average Bonchev–Trinajstić information content (AvgIpc) is 3.35. The molecule has 0 aliphatic carbocycles. The van der Waals surface area contributed by atoms with Gasteiger partial charge >= 0.3 is 0 Å². The number of allylic oxidation sites excluding steroid dienone is 1. The van der Waals surface area contributed by atoms with Gasteiger partial charge in [-0.2, -0.15) is 5.10 Å². The standard InChI is InChI=1S/C25H21N3O6/c1-32-16-7-4-14(5-8-16)23(29)22-21-20(17-3-2-10-26-28(17)22)24(30)27(25(21)31)15-6-9-18-19(13-15)34-12-11-33-18/h2-10,13,17,20-22H,11-12H2,1H3/t17?,20-,21-,22+/m1/s1. The number of fused-ring (bicyclic) bond motifs is 4. The molecular weight excluding hydrogens is 438 g/mol. The van der Waals surface area contributed by atoms with Gasteiger partial charge in [0.2, 0.25) is 11.8 Å². The van der Waals surface area contributed by atoms with Gasteiger partial charge < -0.3 is 14.2 Å². The smallest absolute Gasteiger partial charge is 0.240 e. The maximum absolute atomic E-state index is 13.7. The number of hydrazone groups is 1. The first-order chi connectivity index (χ1) is 16.6. The molecule has 4 aliphatic heterocycles. The van der Waals surface area contributed by atoms with E-state index in [1.165, 1.54) is 4.90 Å². The Kier molecular flexibility index (Phi) is 4.65. The largest absolute Gasteiger partial charge is 0.497 e. The van der Waals surface area contributed by atoms with Crippen LogP contribution in [0.25, 0.3) is 0 Å². The summed E-state index contributed by atoms with van der Waals surface area (Å²) in [6, 6.07) is 10.3. The predicted octanol–water partition coefficient (Wildman–Crippen LogP) is 2.06. The molecule has 2 fully saturated rings. The lowest BCUT2D eigenvalue weighted by Gasteiger charge is -2.30. The van der Waals surface area contributed by atoms with Crippen LogP contribution in [0, 0.1) is 11.8 Å². The summed E-state index contributed by atoms with van der Waals surface area (Å²) in [7, 11) is 1.55. The Balaban J connectivity index is 1.38. The molecule has 172 valence electrons. The second kappa shape index (κ2) is 7.72. The number of amides is 2. The highest BCUT2D eigenvalue weighted by Gasteiger charge is 2.64. The minimum Gasteiger partial charge on any atom is -0.497 e. The maximum atomic E-state index is 13.7. The zero-order chi connectivity index (χ0) is 23.4. The van der Waals surface area contributed by atoms with Crippen molar-refractivity contribution in [2.75, 3.05) is 25.2 Å². The van der Waals surface area contributed by atoms with E-state index in [9.17, 15) is 14.4 Å². The molecule has 2 aromatic rings. The Morgan fingerprint density at radius 3 is 2.50 bits per heavy atom. The van der Waals surface area contributed by atoms with Crippen LogP contribution in [0.1, 0.15) is 10.4 Å². The van der Waals surface area contributed by atoms with Crippen LogP contribution in [-0.2, 0) is 9.59 Å². The molecule has 6 rings (SSSR count). The summed E-state index contributed by atoms with van der Waals surface area (Å²) in [6.45, 7) is 0.833. The van der Waals surface area contributed by atoms with Gasteiger partial charge in [0.05, 0.1) is 30.7 Å². The molecule has 2 saturated heterocycles. The second-order valence-corrected chi connectivity index (χ2v) is 8.45. The van der Waals surface area contributed by atoms with Crippen LogP contribution >= 0.6 is 0 Å². The van der Waals surface area contributed by atoms with Crippen LogP contribution in [0.4, 0.5) is 5.69 Å². The van der Waals surface area contributed by atoms with Crippen molar-refractivity contribution in [3.8, 4) is 17.2 Å². The Labute approximate surface area is 195 Å². The summed E-state index contributed by atoms with van der Waals surface area (Å²) in [5, 5.41) is 5.97. The van der Waals surface area contributed by atoms with E-state index in [1.54, 1.807) is 66.9 Å². The Morgan fingerprint density at radius 1 is 1.00 bits per heavy atom. The Bertz CT molecular complexity index is 1250.